The maximum Gasteiger partial charge on any atom is 0.309 e. The van der Waals surface area contributed by atoms with Gasteiger partial charge < -0.3 is 24.4 Å². The molecule has 1 fully saturated rings. The van der Waals surface area contributed by atoms with E-state index in [9.17, 15) is 4.79 Å². The van der Waals surface area contributed by atoms with Gasteiger partial charge in [-0.2, -0.15) is 4.98 Å². The zero-order valence-corrected chi connectivity index (χ0v) is 21.0. The van der Waals surface area contributed by atoms with E-state index in [0.717, 1.165) is 53.9 Å². The number of aryl methyl sites for hydroxylation is 1. The third kappa shape index (κ3) is 5.19. The number of anilines is 2. The first-order chi connectivity index (χ1) is 16.6. The summed E-state index contributed by atoms with van der Waals surface area (Å²) < 4.78 is 16.0. The van der Waals surface area contributed by atoms with Crippen molar-refractivity contribution in [3.63, 3.8) is 0 Å². The molecule has 0 aliphatic carbocycles. The SMILES string of the molecule is CCOC(=O)C1CCN(c2nc(NCc3ccc(OC)c(OC)c3)c3cc(CC)sc3n2)CC1. The van der Waals surface area contributed by atoms with Crippen LogP contribution in [0.15, 0.2) is 24.3 Å². The number of fused-ring (bicyclic) bond motifs is 1. The van der Waals surface area contributed by atoms with Gasteiger partial charge in [0, 0.05) is 24.5 Å². The van der Waals surface area contributed by atoms with Gasteiger partial charge in [0.1, 0.15) is 10.6 Å². The number of hydrogen-bond acceptors (Lipinski definition) is 9. The number of ether oxygens (including phenoxy) is 3. The van der Waals surface area contributed by atoms with E-state index in [1.165, 1.54) is 4.88 Å². The minimum absolute atomic E-state index is 0.0454. The maximum absolute atomic E-state index is 12.1. The van der Waals surface area contributed by atoms with E-state index in [0.29, 0.717) is 30.6 Å². The molecule has 4 rings (SSSR count). The van der Waals surface area contributed by atoms with Gasteiger partial charge in [-0.25, -0.2) is 4.98 Å². The van der Waals surface area contributed by atoms with Crippen LogP contribution >= 0.6 is 11.3 Å². The number of nitrogens with zero attached hydrogens (tertiary/aromatic N) is 3. The molecule has 0 atom stereocenters. The van der Waals surface area contributed by atoms with E-state index < -0.39 is 0 Å². The Morgan fingerprint density at radius 3 is 2.56 bits per heavy atom. The minimum Gasteiger partial charge on any atom is -0.493 e. The Labute approximate surface area is 204 Å². The summed E-state index contributed by atoms with van der Waals surface area (Å²) >= 11 is 1.71. The largest absolute Gasteiger partial charge is 0.493 e. The third-order valence-electron chi connectivity index (χ3n) is 6.09. The second-order valence-corrected chi connectivity index (χ2v) is 9.33. The molecule has 182 valence electrons. The Hall–Kier alpha value is -3.07. The number of nitrogens with one attached hydrogen (secondary N) is 1. The third-order valence-corrected chi connectivity index (χ3v) is 7.26. The van der Waals surface area contributed by atoms with Crippen molar-refractivity contribution >= 4 is 39.3 Å². The molecule has 3 aromatic rings. The quantitative estimate of drug-likeness (QED) is 0.439. The summed E-state index contributed by atoms with van der Waals surface area (Å²) in [6.07, 6.45) is 2.45. The topological polar surface area (TPSA) is 85.8 Å². The molecule has 34 heavy (non-hydrogen) atoms. The Morgan fingerprint density at radius 2 is 1.88 bits per heavy atom. The number of esters is 1. The first kappa shape index (κ1) is 24.1. The fourth-order valence-corrected chi connectivity index (χ4v) is 5.12. The van der Waals surface area contributed by atoms with Crippen molar-refractivity contribution in [3.05, 3.63) is 34.7 Å². The molecule has 1 aliphatic heterocycles. The van der Waals surface area contributed by atoms with Crippen LogP contribution in [-0.2, 0) is 22.5 Å². The standard InChI is InChI=1S/C25H32N4O4S/c1-5-18-14-19-22(26-15-16-7-8-20(31-3)21(13-16)32-4)27-25(28-23(19)34-18)29-11-9-17(10-12-29)24(30)33-6-2/h7-8,13-14,17H,5-6,9-12,15H2,1-4H3,(H,26,27,28). The van der Waals surface area contributed by atoms with Crippen LogP contribution in [0.1, 0.15) is 37.1 Å². The van der Waals surface area contributed by atoms with E-state index in [-0.39, 0.29) is 11.9 Å². The zero-order valence-electron chi connectivity index (χ0n) is 20.2. The molecule has 0 bridgehead atoms. The van der Waals surface area contributed by atoms with Crippen molar-refractivity contribution in [1.82, 2.24) is 9.97 Å². The molecular formula is C25H32N4O4S. The summed E-state index contributed by atoms with van der Waals surface area (Å²) in [6, 6.07) is 8.06. The van der Waals surface area contributed by atoms with Crippen molar-refractivity contribution in [2.24, 2.45) is 5.92 Å². The van der Waals surface area contributed by atoms with Gasteiger partial charge in [-0.05, 0) is 49.9 Å². The molecule has 1 aliphatic rings. The molecule has 0 saturated carbocycles. The van der Waals surface area contributed by atoms with E-state index in [4.69, 9.17) is 24.2 Å². The lowest BCUT2D eigenvalue weighted by Gasteiger charge is -2.31. The van der Waals surface area contributed by atoms with Gasteiger partial charge >= 0.3 is 5.97 Å². The molecule has 0 unspecified atom stereocenters. The molecule has 1 aromatic carbocycles. The Balaban J connectivity index is 1.56. The number of carbonyl (C=O) groups is 1. The molecule has 1 saturated heterocycles. The lowest BCUT2D eigenvalue weighted by molar-refractivity contribution is -0.148. The highest BCUT2D eigenvalue weighted by molar-refractivity contribution is 7.18. The first-order valence-corrected chi connectivity index (χ1v) is 12.5. The Bertz CT molecular complexity index is 1140. The average molecular weight is 485 g/mol. The number of piperidine rings is 1. The molecule has 2 aromatic heterocycles. The van der Waals surface area contributed by atoms with Crippen LogP contribution in [0.4, 0.5) is 11.8 Å². The fourth-order valence-electron chi connectivity index (χ4n) is 4.16. The fraction of sp³-hybridized carbons (Fsp3) is 0.480. The lowest BCUT2D eigenvalue weighted by Crippen LogP contribution is -2.38. The number of benzene rings is 1. The normalized spacial score (nSPS) is 14.3. The van der Waals surface area contributed by atoms with Gasteiger partial charge in [0.15, 0.2) is 11.5 Å². The molecule has 8 nitrogen and oxygen atoms in total. The van der Waals surface area contributed by atoms with Crippen LogP contribution in [0.5, 0.6) is 11.5 Å². The summed E-state index contributed by atoms with van der Waals surface area (Å²) in [5, 5.41) is 4.55. The molecule has 0 amide bonds. The second-order valence-electron chi connectivity index (χ2n) is 8.21. The van der Waals surface area contributed by atoms with Crippen molar-refractivity contribution in [2.45, 2.75) is 39.7 Å². The van der Waals surface area contributed by atoms with Crippen LogP contribution in [0.25, 0.3) is 10.2 Å². The van der Waals surface area contributed by atoms with Crippen molar-refractivity contribution in [2.75, 3.05) is 44.1 Å². The van der Waals surface area contributed by atoms with Crippen molar-refractivity contribution < 1.29 is 19.0 Å². The van der Waals surface area contributed by atoms with Crippen molar-refractivity contribution in [3.8, 4) is 11.5 Å². The number of carbonyl (C=O) groups excluding carboxylic acids is 1. The number of hydrogen-bond donors (Lipinski definition) is 1. The zero-order chi connectivity index (χ0) is 24.1. The van der Waals surface area contributed by atoms with Gasteiger partial charge in [-0.1, -0.05) is 13.0 Å². The van der Waals surface area contributed by atoms with Gasteiger partial charge in [0.05, 0.1) is 32.1 Å². The predicted octanol–water partition coefficient (Wildman–Crippen LogP) is 4.66. The summed E-state index contributed by atoms with van der Waals surface area (Å²) in [7, 11) is 3.27. The highest BCUT2D eigenvalue weighted by atomic mass is 32.1. The van der Waals surface area contributed by atoms with E-state index in [1.807, 2.05) is 25.1 Å². The second kappa shape index (κ2) is 10.9. The summed E-state index contributed by atoms with van der Waals surface area (Å²) in [6.45, 7) is 6.47. The van der Waals surface area contributed by atoms with Gasteiger partial charge in [0.2, 0.25) is 5.95 Å². The average Bonchev–Trinajstić information content (AvgIpc) is 3.31. The maximum atomic E-state index is 12.1. The van der Waals surface area contributed by atoms with E-state index in [2.05, 4.69) is 23.2 Å². The van der Waals surface area contributed by atoms with E-state index >= 15 is 0 Å². The van der Waals surface area contributed by atoms with Gasteiger partial charge in [0.25, 0.3) is 0 Å². The van der Waals surface area contributed by atoms with Crippen LogP contribution in [0.3, 0.4) is 0 Å². The lowest BCUT2D eigenvalue weighted by atomic mass is 9.97. The molecule has 1 N–H and O–H groups in total. The predicted molar refractivity (Wildman–Crippen MR) is 135 cm³/mol. The molecular weight excluding hydrogens is 452 g/mol. The number of thiophene rings is 1. The van der Waals surface area contributed by atoms with Crippen molar-refractivity contribution in [1.29, 1.82) is 0 Å². The summed E-state index contributed by atoms with van der Waals surface area (Å²) in [5.74, 6) is 2.78. The van der Waals surface area contributed by atoms with Crippen LogP contribution in [0, 0.1) is 5.92 Å². The highest BCUT2D eigenvalue weighted by Crippen LogP contribution is 2.33. The Kier molecular flexibility index (Phi) is 7.72. The van der Waals surface area contributed by atoms with Crippen LogP contribution in [0.2, 0.25) is 0 Å². The van der Waals surface area contributed by atoms with Gasteiger partial charge in [-0.3, -0.25) is 4.79 Å². The van der Waals surface area contributed by atoms with E-state index in [1.54, 1.807) is 25.6 Å². The molecule has 3 heterocycles. The van der Waals surface area contributed by atoms with Crippen LogP contribution < -0.4 is 19.7 Å². The summed E-state index contributed by atoms with van der Waals surface area (Å²) in [4.78, 5) is 26.3. The smallest absolute Gasteiger partial charge is 0.309 e. The summed E-state index contributed by atoms with van der Waals surface area (Å²) in [5.41, 5.74) is 1.06. The van der Waals surface area contributed by atoms with Gasteiger partial charge in [-0.15, -0.1) is 11.3 Å². The number of methoxy groups -OCH3 is 2. The number of rotatable bonds is 9. The monoisotopic (exact) mass is 484 g/mol. The first-order valence-electron chi connectivity index (χ1n) is 11.7. The minimum atomic E-state index is -0.0957. The molecule has 0 spiro atoms. The van der Waals surface area contributed by atoms with Crippen LogP contribution in [-0.4, -0.2) is 49.9 Å². The molecule has 0 radical (unpaired) electrons. The Morgan fingerprint density at radius 1 is 1.12 bits per heavy atom. The number of aromatic nitrogens is 2. The molecule has 9 heteroatoms. The highest BCUT2D eigenvalue weighted by Gasteiger charge is 2.27.